The van der Waals surface area contributed by atoms with Crippen LogP contribution in [-0.4, -0.2) is 34.5 Å². The molecule has 1 aromatic carbocycles. The third kappa shape index (κ3) is 4.45. The minimum Gasteiger partial charge on any atom is -0.480 e. The smallest absolute Gasteiger partial charge is 0.326 e. The van der Waals surface area contributed by atoms with Gasteiger partial charge in [0, 0.05) is 13.0 Å². The first-order valence-electron chi connectivity index (χ1n) is 7.82. The number of hydrogen-bond acceptors (Lipinski definition) is 2. The molecule has 4 nitrogen and oxygen atoms in total. The number of likely N-dealkylation sites (tertiary alicyclic amines) is 1. The number of nitrogens with zero attached hydrogens (tertiary/aromatic N) is 1. The molecule has 4 heteroatoms. The Bertz CT molecular complexity index is 539. The summed E-state index contributed by atoms with van der Waals surface area (Å²) in [6.07, 6.45) is 6.39. The minimum absolute atomic E-state index is 0.0583. The summed E-state index contributed by atoms with van der Waals surface area (Å²) in [6, 6.07) is 9.25. The zero-order valence-electron chi connectivity index (χ0n) is 12.9. The molecule has 0 radical (unpaired) electrons. The Hall–Kier alpha value is -2.10. The number of amides is 1. The lowest BCUT2D eigenvalue weighted by Crippen LogP contribution is -2.49. The fraction of sp³-hybridized carbons (Fsp3) is 0.444. The van der Waals surface area contributed by atoms with Gasteiger partial charge < -0.3 is 10.0 Å². The molecule has 0 bridgehead atoms. The van der Waals surface area contributed by atoms with Crippen molar-refractivity contribution in [2.45, 2.75) is 38.6 Å². The van der Waals surface area contributed by atoms with Crippen LogP contribution in [0.25, 0.3) is 6.08 Å². The van der Waals surface area contributed by atoms with Crippen LogP contribution in [0, 0.1) is 5.92 Å². The predicted octanol–water partition coefficient (Wildman–Crippen LogP) is 3.19. The number of aliphatic carboxylic acids is 1. The summed E-state index contributed by atoms with van der Waals surface area (Å²) in [5, 5.41) is 9.29. The SMILES string of the molecule is CC1CCN(C(=O)CC/C=C/c2ccccc2)C(C(=O)O)C1. The van der Waals surface area contributed by atoms with Crippen molar-refractivity contribution in [3.8, 4) is 0 Å². The number of hydrogen-bond donors (Lipinski definition) is 1. The number of carbonyl (C=O) groups excluding carboxylic acids is 1. The van der Waals surface area contributed by atoms with Crippen molar-refractivity contribution in [3.63, 3.8) is 0 Å². The van der Waals surface area contributed by atoms with Gasteiger partial charge >= 0.3 is 5.97 Å². The van der Waals surface area contributed by atoms with Crippen LogP contribution in [-0.2, 0) is 9.59 Å². The minimum atomic E-state index is -0.889. The lowest BCUT2D eigenvalue weighted by molar-refractivity contribution is -0.153. The molecular weight excluding hydrogens is 278 g/mol. The Kier molecular flexibility index (Phi) is 5.75. The molecule has 118 valence electrons. The van der Waals surface area contributed by atoms with E-state index in [0.29, 0.717) is 31.7 Å². The van der Waals surface area contributed by atoms with Gasteiger partial charge in [0.05, 0.1) is 0 Å². The number of carbonyl (C=O) groups is 2. The fourth-order valence-electron chi connectivity index (χ4n) is 2.81. The molecule has 1 heterocycles. The van der Waals surface area contributed by atoms with Gasteiger partial charge in [-0.1, -0.05) is 49.4 Å². The highest BCUT2D eigenvalue weighted by molar-refractivity contribution is 5.84. The predicted molar refractivity (Wildman–Crippen MR) is 86.2 cm³/mol. The maximum absolute atomic E-state index is 12.3. The second-order valence-corrected chi connectivity index (χ2v) is 5.92. The summed E-state index contributed by atoms with van der Waals surface area (Å²) in [5.74, 6) is -0.583. The second kappa shape index (κ2) is 7.78. The Labute approximate surface area is 131 Å². The molecule has 0 aromatic heterocycles. The molecule has 0 aliphatic carbocycles. The van der Waals surface area contributed by atoms with E-state index in [0.717, 1.165) is 12.0 Å². The van der Waals surface area contributed by atoms with E-state index in [-0.39, 0.29) is 5.91 Å². The lowest BCUT2D eigenvalue weighted by atomic mass is 9.92. The van der Waals surface area contributed by atoms with Crippen LogP contribution in [0.4, 0.5) is 0 Å². The van der Waals surface area contributed by atoms with E-state index in [9.17, 15) is 14.7 Å². The summed E-state index contributed by atoms with van der Waals surface area (Å²) in [7, 11) is 0. The van der Waals surface area contributed by atoms with Crippen LogP contribution in [0.15, 0.2) is 36.4 Å². The van der Waals surface area contributed by atoms with E-state index in [1.165, 1.54) is 0 Å². The molecular formula is C18H23NO3. The largest absolute Gasteiger partial charge is 0.480 e. The second-order valence-electron chi connectivity index (χ2n) is 5.92. The first-order valence-corrected chi connectivity index (χ1v) is 7.82. The summed E-state index contributed by atoms with van der Waals surface area (Å²) in [5.41, 5.74) is 1.10. The van der Waals surface area contributed by atoms with Gasteiger partial charge in [0.2, 0.25) is 5.91 Å². The van der Waals surface area contributed by atoms with Crippen LogP contribution in [0.5, 0.6) is 0 Å². The van der Waals surface area contributed by atoms with E-state index in [2.05, 4.69) is 0 Å². The molecule has 2 rings (SSSR count). The summed E-state index contributed by atoms with van der Waals surface area (Å²) < 4.78 is 0. The molecule has 1 aliphatic rings. The molecule has 1 fully saturated rings. The van der Waals surface area contributed by atoms with E-state index in [1.54, 1.807) is 4.90 Å². The highest BCUT2D eigenvalue weighted by Crippen LogP contribution is 2.23. The molecule has 1 aromatic rings. The average Bonchev–Trinajstić information content (AvgIpc) is 2.52. The molecule has 1 saturated heterocycles. The van der Waals surface area contributed by atoms with Gasteiger partial charge in [-0.05, 0) is 30.7 Å². The van der Waals surface area contributed by atoms with Gasteiger partial charge in [-0.25, -0.2) is 4.79 Å². The monoisotopic (exact) mass is 301 g/mol. The molecule has 1 N–H and O–H groups in total. The van der Waals surface area contributed by atoms with E-state index in [1.807, 2.05) is 49.4 Å². The quantitative estimate of drug-likeness (QED) is 0.908. The van der Waals surface area contributed by atoms with Crippen molar-refractivity contribution in [1.82, 2.24) is 4.90 Å². The van der Waals surface area contributed by atoms with Gasteiger partial charge in [0.1, 0.15) is 6.04 Å². The van der Waals surface area contributed by atoms with Gasteiger partial charge in [-0.15, -0.1) is 0 Å². The van der Waals surface area contributed by atoms with Crippen LogP contribution >= 0.6 is 0 Å². The van der Waals surface area contributed by atoms with Gasteiger partial charge in [0.15, 0.2) is 0 Å². The van der Waals surface area contributed by atoms with E-state index >= 15 is 0 Å². The van der Waals surface area contributed by atoms with Crippen molar-refractivity contribution in [2.75, 3.05) is 6.54 Å². The Morgan fingerprint density at radius 3 is 2.73 bits per heavy atom. The zero-order valence-corrected chi connectivity index (χ0v) is 12.9. The Morgan fingerprint density at radius 1 is 1.32 bits per heavy atom. The third-order valence-electron chi connectivity index (χ3n) is 4.10. The zero-order chi connectivity index (χ0) is 15.9. The standard InChI is InChI=1S/C18H23NO3/c1-14-11-12-19(16(13-14)18(21)22)17(20)10-6-5-9-15-7-3-2-4-8-15/h2-5,7-9,14,16H,6,10-13H2,1H3,(H,21,22)/b9-5+. The molecule has 0 saturated carbocycles. The van der Waals surface area contributed by atoms with Crippen molar-refractivity contribution < 1.29 is 14.7 Å². The number of benzene rings is 1. The molecule has 1 aliphatic heterocycles. The molecule has 2 unspecified atom stereocenters. The van der Waals surface area contributed by atoms with Gasteiger partial charge in [0.25, 0.3) is 0 Å². The maximum atomic E-state index is 12.3. The van der Waals surface area contributed by atoms with Crippen molar-refractivity contribution in [2.24, 2.45) is 5.92 Å². The van der Waals surface area contributed by atoms with Crippen LogP contribution in [0.3, 0.4) is 0 Å². The van der Waals surface area contributed by atoms with Gasteiger partial charge in [-0.2, -0.15) is 0 Å². The number of carboxylic acids is 1. The topological polar surface area (TPSA) is 57.6 Å². The van der Waals surface area contributed by atoms with Crippen molar-refractivity contribution >= 4 is 18.0 Å². The summed E-state index contributed by atoms with van der Waals surface area (Å²) in [4.78, 5) is 25.1. The number of allylic oxidation sites excluding steroid dienone is 1. The van der Waals surface area contributed by atoms with Crippen molar-refractivity contribution in [3.05, 3.63) is 42.0 Å². The summed E-state index contributed by atoms with van der Waals surface area (Å²) in [6.45, 7) is 2.60. The van der Waals surface area contributed by atoms with Crippen LogP contribution < -0.4 is 0 Å². The van der Waals surface area contributed by atoms with Crippen molar-refractivity contribution in [1.29, 1.82) is 0 Å². The maximum Gasteiger partial charge on any atom is 0.326 e. The molecule has 0 spiro atoms. The lowest BCUT2D eigenvalue weighted by Gasteiger charge is -2.36. The number of rotatable bonds is 5. The van der Waals surface area contributed by atoms with E-state index in [4.69, 9.17) is 0 Å². The third-order valence-corrected chi connectivity index (χ3v) is 4.10. The molecule has 2 atom stereocenters. The first kappa shape index (κ1) is 16.3. The Morgan fingerprint density at radius 2 is 2.05 bits per heavy atom. The normalized spacial score (nSPS) is 22.0. The van der Waals surface area contributed by atoms with Gasteiger partial charge in [-0.3, -0.25) is 4.79 Å². The average molecular weight is 301 g/mol. The molecule has 22 heavy (non-hydrogen) atoms. The fourth-order valence-corrected chi connectivity index (χ4v) is 2.81. The van der Waals surface area contributed by atoms with E-state index < -0.39 is 12.0 Å². The summed E-state index contributed by atoms with van der Waals surface area (Å²) >= 11 is 0. The highest BCUT2D eigenvalue weighted by atomic mass is 16.4. The Balaban J connectivity index is 1.86. The number of carboxylic acid groups (broad SMARTS) is 1. The molecule has 1 amide bonds. The number of piperidine rings is 1. The van der Waals surface area contributed by atoms with Crippen LogP contribution in [0.1, 0.15) is 38.2 Å². The van der Waals surface area contributed by atoms with Crippen LogP contribution in [0.2, 0.25) is 0 Å². The first-order chi connectivity index (χ1) is 10.6. The highest BCUT2D eigenvalue weighted by Gasteiger charge is 2.34.